The first kappa shape index (κ1) is 13.9. The summed E-state index contributed by atoms with van der Waals surface area (Å²) >= 11 is 0. The molecular formula is C18H13NO3. The standard InChI is InChI=1S/C18H13NO3/c1-11(20)12-6-8-13(9-7-12)19-10-16-17(21)14-4-2-3-5-15(14)18(16)22/h2-10,21H,1H3. The number of aliphatic hydroxyl groups is 1. The number of fused-ring (bicyclic) bond motifs is 1. The van der Waals surface area contributed by atoms with E-state index in [9.17, 15) is 14.7 Å². The average molecular weight is 291 g/mol. The zero-order valence-electron chi connectivity index (χ0n) is 11.9. The van der Waals surface area contributed by atoms with Crippen molar-refractivity contribution in [3.63, 3.8) is 0 Å². The molecule has 22 heavy (non-hydrogen) atoms. The Morgan fingerprint density at radius 2 is 1.68 bits per heavy atom. The van der Waals surface area contributed by atoms with Crippen LogP contribution in [0.4, 0.5) is 5.69 Å². The summed E-state index contributed by atoms with van der Waals surface area (Å²) in [5.74, 6) is -0.306. The number of allylic oxidation sites excluding steroid dienone is 1. The fraction of sp³-hybridized carbons (Fsp3) is 0.0556. The van der Waals surface area contributed by atoms with Crippen LogP contribution < -0.4 is 0 Å². The van der Waals surface area contributed by atoms with Crippen LogP contribution in [0.2, 0.25) is 0 Å². The number of Topliss-reactive ketones (excluding diaryl/α,β-unsaturated/α-hetero) is 2. The summed E-state index contributed by atoms with van der Waals surface area (Å²) < 4.78 is 0. The highest BCUT2D eigenvalue weighted by molar-refractivity contribution is 6.30. The molecule has 1 aliphatic carbocycles. The van der Waals surface area contributed by atoms with Gasteiger partial charge >= 0.3 is 0 Å². The lowest BCUT2D eigenvalue weighted by Gasteiger charge is -1.97. The van der Waals surface area contributed by atoms with Crippen LogP contribution in [0.3, 0.4) is 0 Å². The van der Waals surface area contributed by atoms with Gasteiger partial charge in [0.25, 0.3) is 0 Å². The first-order valence-electron chi connectivity index (χ1n) is 6.80. The lowest BCUT2D eigenvalue weighted by molar-refractivity contribution is 0.101. The van der Waals surface area contributed by atoms with Gasteiger partial charge in [0.05, 0.1) is 11.3 Å². The minimum absolute atomic E-state index is 0.0164. The third kappa shape index (κ3) is 2.35. The Morgan fingerprint density at radius 1 is 1.05 bits per heavy atom. The van der Waals surface area contributed by atoms with Crippen molar-refractivity contribution in [1.29, 1.82) is 0 Å². The zero-order valence-corrected chi connectivity index (χ0v) is 11.9. The maximum Gasteiger partial charge on any atom is 0.199 e. The van der Waals surface area contributed by atoms with Gasteiger partial charge in [0.1, 0.15) is 5.76 Å². The van der Waals surface area contributed by atoms with Crippen LogP contribution in [0.25, 0.3) is 5.76 Å². The molecule has 0 radical (unpaired) electrons. The van der Waals surface area contributed by atoms with Crippen LogP contribution in [-0.2, 0) is 0 Å². The lowest BCUT2D eigenvalue weighted by atomic mass is 10.1. The molecule has 0 spiro atoms. The van der Waals surface area contributed by atoms with Crippen molar-refractivity contribution in [2.45, 2.75) is 6.92 Å². The molecule has 0 aliphatic heterocycles. The van der Waals surface area contributed by atoms with Crippen molar-refractivity contribution in [1.82, 2.24) is 0 Å². The van der Waals surface area contributed by atoms with Crippen molar-refractivity contribution >= 4 is 29.2 Å². The Balaban J connectivity index is 1.89. The van der Waals surface area contributed by atoms with Gasteiger partial charge in [-0.15, -0.1) is 0 Å². The Labute approximate surface area is 127 Å². The van der Waals surface area contributed by atoms with Crippen molar-refractivity contribution in [3.05, 3.63) is 70.8 Å². The summed E-state index contributed by atoms with van der Waals surface area (Å²) in [6.07, 6.45) is 1.36. The van der Waals surface area contributed by atoms with Gasteiger partial charge in [0.2, 0.25) is 0 Å². The third-order valence-electron chi connectivity index (χ3n) is 3.54. The predicted molar refractivity (Wildman–Crippen MR) is 84.9 cm³/mol. The van der Waals surface area contributed by atoms with Gasteiger partial charge in [-0.2, -0.15) is 0 Å². The van der Waals surface area contributed by atoms with E-state index in [1.54, 1.807) is 48.5 Å². The summed E-state index contributed by atoms with van der Waals surface area (Å²) in [6.45, 7) is 1.50. The van der Waals surface area contributed by atoms with Gasteiger partial charge < -0.3 is 5.11 Å². The molecule has 1 aliphatic rings. The third-order valence-corrected chi connectivity index (χ3v) is 3.54. The number of carbonyl (C=O) groups is 2. The number of carbonyl (C=O) groups excluding carboxylic acids is 2. The van der Waals surface area contributed by atoms with Crippen LogP contribution in [0, 0.1) is 0 Å². The highest BCUT2D eigenvalue weighted by Gasteiger charge is 2.27. The molecule has 0 atom stereocenters. The molecule has 108 valence electrons. The molecule has 0 bridgehead atoms. The van der Waals surface area contributed by atoms with Crippen LogP contribution in [0.1, 0.15) is 33.2 Å². The van der Waals surface area contributed by atoms with E-state index in [1.165, 1.54) is 13.1 Å². The molecule has 0 aromatic heterocycles. The summed E-state index contributed by atoms with van der Waals surface area (Å²) in [6, 6.07) is 13.6. The summed E-state index contributed by atoms with van der Waals surface area (Å²) in [7, 11) is 0. The average Bonchev–Trinajstić information content (AvgIpc) is 2.78. The smallest absolute Gasteiger partial charge is 0.199 e. The molecular weight excluding hydrogens is 278 g/mol. The first-order valence-corrected chi connectivity index (χ1v) is 6.80. The van der Waals surface area contributed by atoms with Gasteiger partial charge in [-0.05, 0) is 31.2 Å². The minimum Gasteiger partial charge on any atom is -0.506 e. The molecule has 0 amide bonds. The van der Waals surface area contributed by atoms with E-state index in [0.717, 1.165) is 0 Å². The number of nitrogens with zero attached hydrogens (tertiary/aromatic N) is 1. The number of hydrogen-bond acceptors (Lipinski definition) is 4. The van der Waals surface area contributed by atoms with Gasteiger partial charge in [0, 0.05) is 22.9 Å². The quantitative estimate of drug-likeness (QED) is 0.691. The van der Waals surface area contributed by atoms with Gasteiger partial charge in [-0.25, -0.2) is 0 Å². The van der Waals surface area contributed by atoms with E-state index < -0.39 is 0 Å². The Morgan fingerprint density at radius 3 is 2.27 bits per heavy atom. The minimum atomic E-state index is -0.239. The van der Waals surface area contributed by atoms with E-state index in [0.29, 0.717) is 22.4 Å². The van der Waals surface area contributed by atoms with E-state index in [4.69, 9.17) is 0 Å². The van der Waals surface area contributed by atoms with E-state index >= 15 is 0 Å². The summed E-state index contributed by atoms with van der Waals surface area (Å²) in [4.78, 5) is 27.6. The number of aliphatic hydroxyl groups excluding tert-OH is 1. The Hall–Kier alpha value is -3.01. The lowest BCUT2D eigenvalue weighted by Crippen LogP contribution is -1.99. The highest BCUT2D eigenvalue weighted by atomic mass is 16.3. The van der Waals surface area contributed by atoms with Crippen molar-refractivity contribution in [2.24, 2.45) is 4.99 Å². The Kier molecular flexibility index (Phi) is 3.43. The second-order valence-electron chi connectivity index (χ2n) is 5.00. The molecule has 4 nitrogen and oxygen atoms in total. The molecule has 0 saturated heterocycles. The second-order valence-corrected chi connectivity index (χ2v) is 5.00. The first-order chi connectivity index (χ1) is 10.6. The van der Waals surface area contributed by atoms with Gasteiger partial charge in [-0.1, -0.05) is 24.3 Å². The molecule has 2 aromatic carbocycles. The van der Waals surface area contributed by atoms with Crippen molar-refractivity contribution < 1.29 is 14.7 Å². The number of hydrogen-bond donors (Lipinski definition) is 1. The normalized spacial score (nSPS) is 13.8. The fourth-order valence-corrected chi connectivity index (χ4v) is 2.33. The van der Waals surface area contributed by atoms with Gasteiger partial charge in [0.15, 0.2) is 11.6 Å². The van der Waals surface area contributed by atoms with E-state index in [2.05, 4.69) is 4.99 Å². The topological polar surface area (TPSA) is 66.7 Å². The highest BCUT2D eigenvalue weighted by Crippen LogP contribution is 2.30. The van der Waals surface area contributed by atoms with Crippen LogP contribution >= 0.6 is 0 Å². The Bertz CT molecular complexity index is 830. The summed E-state index contributed by atoms with van der Waals surface area (Å²) in [5, 5.41) is 10.1. The van der Waals surface area contributed by atoms with E-state index in [-0.39, 0.29) is 22.9 Å². The maximum absolute atomic E-state index is 12.2. The molecule has 2 aromatic rings. The van der Waals surface area contributed by atoms with Crippen LogP contribution in [0.15, 0.2) is 59.1 Å². The molecule has 0 unspecified atom stereocenters. The molecule has 0 fully saturated rings. The van der Waals surface area contributed by atoms with Crippen molar-refractivity contribution in [2.75, 3.05) is 0 Å². The number of aliphatic imine (C=N–C) groups is 1. The fourth-order valence-electron chi connectivity index (χ4n) is 2.33. The largest absolute Gasteiger partial charge is 0.506 e. The second kappa shape index (κ2) is 5.41. The van der Waals surface area contributed by atoms with E-state index in [1.807, 2.05) is 0 Å². The van der Waals surface area contributed by atoms with Gasteiger partial charge in [-0.3, -0.25) is 14.6 Å². The maximum atomic E-state index is 12.2. The molecule has 4 heteroatoms. The monoisotopic (exact) mass is 291 g/mol. The SMILES string of the molecule is CC(=O)c1ccc(N=CC2=C(O)c3ccccc3C2=O)cc1. The summed E-state index contributed by atoms with van der Waals surface area (Å²) in [5.41, 5.74) is 2.39. The number of benzene rings is 2. The molecule has 3 rings (SSSR count). The van der Waals surface area contributed by atoms with Crippen molar-refractivity contribution in [3.8, 4) is 0 Å². The van der Waals surface area contributed by atoms with Crippen LogP contribution in [0.5, 0.6) is 0 Å². The number of rotatable bonds is 3. The zero-order chi connectivity index (χ0) is 15.7. The molecule has 0 saturated carbocycles. The predicted octanol–water partition coefficient (Wildman–Crippen LogP) is 3.76. The molecule has 0 heterocycles. The number of ketones is 2. The van der Waals surface area contributed by atoms with Crippen LogP contribution in [-0.4, -0.2) is 22.9 Å². The molecule has 1 N–H and O–H groups in total.